The van der Waals surface area contributed by atoms with Crippen molar-refractivity contribution in [3.63, 3.8) is 0 Å². The average molecular weight is 336 g/mol. The summed E-state index contributed by atoms with van der Waals surface area (Å²) in [7, 11) is 0. The molecule has 0 atom stereocenters. The first-order chi connectivity index (χ1) is 11.4. The molecule has 1 saturated heterocycles. The maximum absolute atomic E-state index is 12.6. The van der Waals surface area contributed by atoms with Crippen molar-refractivity contribution in [1.29, 1.82) is 0 Å². The van der Waals surface area contributed by atoms with E-state index in [0.29, 0.717) is 37.6 Å². The minimum Gasteiger partial charge on any atom is -0.353 e. The molecule has 0 radical (unpaired) electrons. The van der Waals surface area contributed by atoms with Crippen molar-refractivity contribution in [2.45, 2.75) is 6.18 Å². The number of hydrogen-bond donors (Lipinski definition) is 0. The Morgan fingerprint density at radius 3 is 2.21 bits per heavy atom. The second-order valence-electron chi connectivity index (χ2n) is 5.42. The lowest BCUT2D eigenvalue weighted by Gasteiger charge is -2.35. The van der Waals surface area contributed by atoms with Gasteiger partial charge >= 0.3 is 6.18 Å². The Labute approximate surface area is 136 Å². The summed E-state index contributed by atoms with van der Waals surface area (Å²) in [5.41, 5.74) is -0.191. The molecule has 3 rings (SSSR count). The van der Waals surface area contributed by atoms with Crippen LogP contribution in [-0.2, 0) is 6.18 Å². The van der Waals surface area contributed by atoms with Gasteiger partial charge in [-0.1, -0.05) is 0 Å². The molecule has 0 aromatic carbocycles. The number of alkyl halides is 3. The highest BCUT2D eigenvalue weighted by Gasteiger charge is 2.31. The number of nitrogens with zero attached hydrogens (tertiary/aromatic N) is 4. The van der Waals surface area contributed by atoms with Crippen molar-refractivity contribution in [3.8, 4) is 0 Å². The van der Waals surface area contributed by atoms with E-state index in [1.165, 1.54) is 6.07 Å². The van der Waals surface area contributed by atoms with Gasteiger partial charge in [0.1, 0.15) is 5.82 Å². The molecule has 2 aromatic heterocycles. The number of piperazine rings is 1. The van der Waals surface area contributed by atoms with Crippen LogP contribution in [0.25, 0.3) is 0 Å². The van der Waals surface area contributed by atoms with E-state index >= 15 is 0 Å². The van der Waals surface area contributed by atoms with Crippen molar-refractivity contribution in [3.05, 3.63) is 54.0 Å². The maximum Gasteiger partial charge on any atom is 0.417 e. The second-order valence-corrected chi connectivity index (χ2v) is 5.42. The van der Waals surface area contributed by atoms with Crippen molar-refractivity contribution in [2.75, 3.05) is 31.1 Å². The molecule has 0 saturated carbocycles. The highest BCUT2D eigenvalue weighted by atomic mass is 19.4. The van der Waals surface area contributed by atoms with Crippen LogP contribution in [0.3, 0.4) is 0 Å². The van der Waals surface area contributed by atoms with Crippen LogP contribution < -0.4 is 4.90 Å². The smallest absolute Gasteiger partial charge is 0.353 e. The van der Waals surface area contributed by atoms with E-state index in [0.717, 1.165) is 12.3 Å². The number of carbonyl (C=O) groups excluding carboxylic acids is 1. The number of amides is 1. The monoisotopic (exact) mass is 336 g/mol. The van der Waals surface area contributed by atoms with Crippen molar-refractivity contribution < 1.29 is 18.0 Å². The van der Waals surface area contributed by atoms with E-state index in [1.54, 1.807) is 29.4 Å². The minimum atomic E-state index is -4.39. The van der Waals surface area contributed by atoms with Gasteiger partial charge in [0.25, 0.3) is 5.91 Å². The molecule has 1 amide bonds. The molecule has 0 bridgehead atoms. The zero-order valence-electron chi connectivity index (χ0n) is 12.7. The number of hydrogen-bond acceptors (Lipinski definition) is 4. The van der Waals surface area contributed by atoms with Gasteiger partial charge in [-0.05, 0) is 24.3 Å². The van der Waals surface area contributed by atoms with Crippen LogP contribution in [0.5, 0.6) is 0 Å². The normalized spacial score (nSPS) is 15.5. The van der Waals surface area contributed by atoms with E-state index in [4.69, 9.17) is 0 Å². The zero-order valence-corrected chi connectivity index (χ0v) is 12.7. The Bertz CT molecular complexity index is 696. The van der Waals surface area contributed by atoms with E-state index < -0.39 is 11.7 Å². The van der Waals surface area contributed by atoms with Crippen LogP contribution in [0.1, 0.15) is 15.9 Å². The summed E-state index contributed by atoms with van der Waals surface area (Å²) in [5.74, 6) is 0.413. The predicted molar refractivity (Wildman–Crippen MR) is 81.6 cm³/mol. The Morgan fingerprint density at radius 1 is 1.00 bits per heavy atom. The van der Waals surface area contributed by atoms with Gasteiger partial charge in [0.05, 0.1) is 5.56 Å². The molecule has 2 aromatic rings. The van der Waals surface area contributed by atoms with Gasteiger partial charge in [-0.15, -0.1) is 0 Å². The van der Waals surface area contributed by atoms with Crippen LogP contribution in [0.15, 0.2) is 42.9 Å². The van der Waals surface area contributed by atoms with E-state index in [2.05, 4.69) is 9.97 Å². The molecule has 1 fully saturated rings. The Kier molecular flexibility index (Phi) is 4.37. The lowest BCUT2D eigenvalue weighted by Crippen LogP contribution is -2.49. The van der Waals surface area contributed by atoms with Crippen LogP contribution in [0, 0.1) is 0 Å². The molecule has 3 heterocycles. The van der Waals surface area contributed by atoms with Crippen LogP contribution in [-0.4, -0.2) is 47.0 Å². The molecule has 0 spiro atoms. The third kappa shape index (κ3) is 3.47. The number of pyridine rings is 2. The molecule has 0 aliphatic carbocycles. The highest BCUT2D eigenvalue weighted by Crippen LogP contribution is 2.29. The van der Waals surface area contributed by atoms with Crippen molar-refractivity contribution in [2.24, 2.45) is 0 Å². The number of rotatable bonds is 2. The van der Waals surface area contributed by atoms with Gasteiger partial charge in [-0.3, -0.25) is 9.78 Å². The largest absolute Gasteiger partial charge is 0.417 e. The SMILES string of the molecule is O=C(c1ccncc1)N1CCN(c2ccc(C(F)(F)F)cn2)CC1. The summed E-state index contributed by atoms with van der Waals surface area (Å²) in [5, 5.41) is 0. The molecule has 8 heteroatoms. The summed E-state index contributed by atoms with van der Waals surface area (Å²) in [6, 6.07) is 5.71. The van der Waals surface area contributed by atoms with E-state index in [-0.39, 0.29) is 5.91 Å². The fourth-order valence-electron chi connectivity index (χ4n) is 2.56. The topological polar surface area (TPSA) is 49.3 Å². The first kappa shape index (κ1) is 16.2. The third-order valence-corrected chi connectivity index (χ3v) is 3.89. The lowest BCUT2D eigenvalue weighted by atomic mass is 10.2. The summed E-state index contributed by atoms with van der Waals surface area (Å²) in [6.45, 7) is 2.03. The Morgan fingerprint density at radius 2 is 1.67 bits per heavy atom. The summed E-state index contributed by atoms with van der Waals surface area (Å²) >= 11 is 0. The molecular weight excluding hydrogens is 321 g/mol. The molecule has 24 heavy (non-hydrogen) atoms. The summed E-state index contributed by atoms with van der Waals surface area (Å²) in [4.78, 5) is 23.7. The molecule has 5 nitrogen and oxygen atoms in total. The van der Waals surface area contributed by atoms with Gasteiger partial charge < -0.3 is 9.80 Å². The van der Waals surface area contributed by atoms with Gasteiger partial charge in [0.2, 0.25) is 0 Å². The standard InChI is InChI=1S/C16H15F3N4O/c17-16(18,19)13-1-2-14(21-11-13)22-7-9-23(10-8-22)15(24)12-3-5-20-6-4-12/h1-6,11H,7-10H2. The van der Waals surface area contributed by atoms with Gasteiger partial charge in [-0.2, -0.15) is 13.2 Å². The number of aromatic nitrogens is 2. The molecule has 0 unspecified atom stereocenters. The fourth-order valence-corrected chi connectivity index (χ4v) is 2.56. The first-order valence-corrected chi connectivity index (χ1v) is 7.42. The predicted octanol–water partition coefficient (Wildman–Crippen LogP) is 2.46. The van der Waals surface area contributed by atoms with Crippen LogP contribution >= 0.6 is 0 Å². The van der Waals surface area contributed by atoms with Crippen molar-refractivity contribution in [1.82, 2.24) is 14.9 Å². The fraction of sp³-hybridized carbons (Fsp3) is 0.312. The number of carbonyl (C=O) groups is 1. The molecule has 1 aliphatic heterocycles. The average Bonchev–Trinajstić information content (AvgIpc) is 2.61. The van der Waals surface area contributed by atoms with E-state index in [9.17, 15) is 18.0 Å². The molecule has 126 valence electrons. The zero-order chi connectivity index (χ0) is 17.2. The van der Waals surface area contributed by atoms with E-state index in [1.807, 2.05) is 4.90 Å². The van der Waals surface area contributed by atoms with Gasteiger partial charge in [0, 0.05) is 50.3 Å². The maximum atomic E-state index is 12.6. The van der Waals surface area contributed by atoms with Gasteiger partial charge in [-0.25, -0.2) is 4.98 Å². The molecule has 0 N–H and O–H groups in total. The van der Waals surface area contributed by atoms with Crippen LogP contribution in [0.4, 0.5) is 19.0 Å². The molecule has 1 aliphatic rings. The lowest BCUT2D eigenvalue weighted by molar-refractivity contribution is -0.137. The number of halogens is 3. The third-order valence-electron chi connectivity index (χ3n) is 3.89. The summed E-state index contributed by atoms with van der Waals surface area (Å²) in [6.07, 6.45) is -0.420. The molecular formula is C16H15F3N4O. The highest BCUT2D eigenvalue weighted by molar-refractivity contribution is 5.94. The van der Waals surface area contributed by atoms with Crippen LogP contribution in [0.2, 0.25) is 0 Å². The Hall–Kier alpha value is -2.64. The van der Waals surface area contributed by atoms with Gasteiger partial charge in [0.15, 0.2) is 0 Å². The Balaban J connectivity index is 1.62. The first-order valence-electron chi connectivity index (χ1n) is 7.42. The number of anilines is 1. The quantitative estimate of drug-likeness (QED) is 0.845. The minimum absolute atomic E-state index is 0.0718. The second kappa shape index (κ2) is 6.46. The summed E-state index contributed by atoms with van der Waals surface area (Å²) < 4.78 is 37.7. The van der Waals surface area contributed by atoms with Crippen molar-refractivity contribution >= 4 is 11.7 Å².